The standard InChI is InChI=1S/C17H20F3NO4/c1-10(12-3-5-13(6-4-12)17(18,19)20)7-15(22)21-8-11(2)25-14(9-21)16(23)24/h3-6,10-11,14H,7-9H2,1-2H3,(H,23,24)/t10?,11-,14?/m1/s1. The molecule has 0 aliphatic carbocycles. The van der Waals surface area contributed by atoms with E-state index in [1.165, 1.54) is 17.0 Å². The Labute approximate surface area is 143 Å². The molecule has 5 nitrogen and oxygen atoms in total. The molecule has 0 radical (unpaired) electrons. The number of ether oxygens (including phenoxy) is 1. The third-order valence-corrected chi connectivity index (χ3v) is 4.18. The number of hydrogen-bond donors (Lipinski definition) is 1. The molecule has 8 heteroatoms. The highest BCUT2D eigenvalue weighted by Crippen LogP contribution is 2.31. The van der Waals surface area contributed by atoms with Gasteiger partial charge >= 0.3 is 12.1 Å². The molecule has 0 saturated carbocycles. The van der Waals surface area contributed by atoms with Crippen molar-refractivity contribution in [1.82, 2.24) is 4.90 Å². The number of morpholine rings is 1. The van der Waals surface area contributed by atoms with Gasteiger partial charge in [0.25, 0.3) is 0 Å². The van der Waals surface area contributed by atoms with Gasteiger partial charge in [-0.3, -0.25) is 4.79 Å². The molecule has 138 valence electrons. The summed E-state index contributed by atoms with van der Waals surface area (Å²) in [5.74, 6) is -1.65. The first-order chi connectivity index (χ1) is 11.6. The topological polar surface area (TPSA) is 66.8 Å². The summed E-state index contributed by atoms with van der Waals surface area (Å²) in [7, 11) is 0. The maximum atomic E-state index is 12.6. The molecule has 3 atom stereocenters. The van der Waals surface area contributed by atoms with Crippen molar-refractivity contribution in [1.29, 1.82) is 0 Å². The molecule has 1 aromatic carbocycles. The summed E-state index contributed by atoms with van der Waals surface area (Å²) in [6.45, 7) is 3.70. The lowest BCUT2D eigenvalue weighted by atomic mass is 9.96. The molecule has 1 aliphatic heterocycles. The fourth-order valence-corrected chi connectivity index (χ4v) is 2.80. The number of aliphatic carboxylic acids is 1. The van der Waals surface area contributed by atoms with Gasteiger partial charge in [0.1, 0.15) is 0 Å². The number of nitrogens with zero attached hydrogens (tertiary/aromatic N) is 1. The monoisotopic (exact) mass is 359 g/mol. The summed E-state index contributed by atoms with van der Waals surface area (Å²) < 4.78 is 43.0. The van der Waals surface area contributed by atoms with Crippen molar-refractivity contribution in [2.75, 3.05) is 13.1 Å². The Morgan fingerprint density at radius 1 is 1.28 bits per heavy atom. The van der Waals surface area contributed by atoms with Crippen molar-refractivity contribution >= 4 is 11.9 Å². The minimum atomic E-state index is -4.40. The molecule has 0 bridgehead atoms. The average molecular weight is 359 g/mol. The van der Waals surface area contributed by atoms with Gasteiger partial charge in [0.2, 0.25) is 5.91 Å². The van der Waals surface area contributed by atoms with Crippen LogP contribution in [0.1, 0.15) is 37.3 Å². The fourth-order valence-electron chi connectivity index (χ4n) is 2.80. The third kappa shape index (κ3) is 4.94. The SMILES string of the molecule is CC(CC(=O)N1CC(C(=O)O)O[C@H](C)C1)c1ccc(C(F)(F)F)cc1. The van der Waals surface area contributed by atoms with Crippen LogP contribution in [0.4, 0.5) is 13.2 Å². The first-order valence-electron chi connectivity index (χ1n) is 7.91. The number of halogens is 3. The molecule has 0 spiro atoms. The Kier molecular flexibility index (Phi) is 5.72. The predicted octanol–water partition coefficient (Wildman–Crippen LogP) is 2.90. The van der Waals surface area contributed by atoms with Gasteiger partial charge in [-0.15, -0.1) is 0 Å². The Morgan fingerprint density at radius 3 is 2.40 bits per heavy atom. The molecule has 1 saturated heterocycles. The zero-order chi connectivity index (χ0) is 18.8. The highest BCUT2D eigenvalue weighted by atomic mass is 19.4. The molecular weight excluding hydrogens is 339 g/mol. The quantitative estimate of drug-likeness (QED) is 0.898. The summed E-state index contributed by atoms with van der Waals surface area (Å²) in [5, 5.41) is 9.05. The number of benzene rings is 1. The van der Waals surface area contributed by atoms with Crippen LogP contribution in [0.15, 0.2) is 24.3 Å². The van der Waals surface area contributed by atoms with Crippen molar-refractivity contribution in [2.45, 2.75) is 44.6 Å². The molecule has 1 aliphatic rings. The number of rotatable bonds is 4. The van der Waals surface area contributed by atoms with Gasteiger partial charge in [0.05, 0.1) is 18.2 Å². The van der Waals surface area contributed by atoms with Crippen molar-refractivity contribution in [3.05, 3.63) is 35.4 Å². The smallest absolute Gasteiger partial charge is 0.416 e. The van der Waals surface area contributed by atoms with E-state index in [-0.39, 0.29) is 30.9 Å². The largest absolute Gasteiger partial charge is 0.479 e. The Bertz CT molecular complexity index is 630. The zero-order valence-electron chi connectivity index (χ0n) is 13.9. The Balaban J connectivity index is 2.00. The van der Waals surface area contributed by atoms with Crippen LogP contribution < -0.4 is 0 Å². The molecular formula is C17H20F3NO4. The predicted molar refractivity (Wildman–Crippen MR) is 83.0 cm³/mol. The number of carbonyl (C=O) groups excluding carboxylic acids is 1. The van der Waals surface area contributed by atoms with Gasteiger partial charge in [-0.05, 0) is 30.5 Å². The zero-order valence-corrected chi connectivity index (χ0v) is 13.9. The average Bonchev–Trinajstić information content (AvgIpc) is 2.53. The molecule has 1 amide bonds. The highest BCUT2D eigenvalue weighted by Gasteiger charge is 2.33. The third-order valence-electron chi connectivity index (χ3n) is 4.18. The van der Waals surface area contributed by atoms with E-state index in [0.717, 1.165) is 12.1 Å². The van der Waals surface area contributed by atoms with E-state index in [4.69, 9.17) is 9.84 Å². The van der Waals surface area contributed by atoms with Crippen LogP contribution in [0.2, 0.25) is 0 Å². The van der Waals surface area contributed by atoms with Gasteiger partial charge in [-0.1, -0.05) is 19.1 Å². The van der Waals surface area contributed by atoms with Gasteiger partial charge in [0.15, 0.2) is 6.10 Å². The number of alkyl halides is 3. The maximum Gasteiger partial charge on any atom is 0.416 e. The van der Waals surface area contributed by atoms with Gasteiger partial charge < -0.3 is 14.7 Å². The summed E-state index contributed by atoms with van der Waals surface area (Å²) in [5.41, 5.74) is -0.112. The van der Waals surface area contributed by atoms with Crippen LogP contribution in [0, 0.1) is 0 Å². The number of carbonyl (C=O) groups is 2. The van der Waals surface area contributed by atoms with Crippen LogP contribution in [-0.2, 0) is 20.5 Å². The normalized spacial score (nSPS) is 22.5. The van der Waals surface area contributed by atoms with Gasteiger partial charge in [-0.25, -0.2) is 4.79 Å². The summed E-state index contributed by atoms with van der Waals surface area (Å²) >= 11 is 0. The van der Waals surface area contributed by atoms with Crippen LogP contribution in [-0.4, -0.2) is 47.2 Å². The van der Waals surface area contributed by atoms with E-state index in [1.807, 2.05) is 0 Å². The lowest BCUT2D eigenvalue weighted by Gasteiger charge is -2.35. The van der Waals surface area contributed by atoms with E-state index in [2.05, 4.69) is 0 Å². The van der Waals surface area contributed by atoms with E-state index in [9.17, 15) is 22.8 Å². The van der Waals surface area contributed by atoms with Crippen molar-refractivity contribution in [2.24, 2.45) is 0 Å². The number of hydrogen-bond acceptors (Lipinski definition) is 3. The summed E-state index contributed by atoms with van der Waals surface area (Å²) in [6.07, 6.45) is -5.76. The first kappa shape index (κ1) is 19.2. The van der Waals surface area contributed by atoms with E-state index >= 15 is 0 Å². The van der Waals surface area contributed by atoms with Crippen molar-refractivity contribution < 1.29 is 32.6 Å². The number of amides is 1. The second-order valence-electron chi connectivity index (χ2n) is 6.30. The molecule has 2 rings (SSSR count). The molecule has 1 aromatic rings. The Hall–Kier alpha value is -2.09. The summed E-state index contributed by atoms with van der Waals surface area (Å²) in [6, 6.07) is 4.71. The van der Waals surface area contributed by atoms with Gasteiger partial charge in [-0.2, -0.15) is 13.2 Å². The van der Waals surface area contributed by atoms with Crippen LogP contribution in [0.3, 0.4) is 0 Å². The van der Waals surface area contributed by atoms with Crippen molar-refractivity contribution in [3.63, 3.8) is 0 Å². The molecule has 1 fully saturated rings. The lowest BCUT2D eigenvalue weighted by Crippen LogP contribution is -2.51. The van der Waals surface area contributed by atoms with Crippen molar-refractivity contribution in [3.8, 4) is 0 Å². The minimum absolute atomic E-state index is 0.0295. The second-order valence-corrected chi connectivity index (χ2v) is 6.30. The molecule has 2 unspecified atom stereocenters. The molecule has 1 N–H and O–H groups in total. The molecule has 25 heavy (non-hydrogen) atoms. The van der Waals surface area contributed by atoms with Crippen LogP contribution >= 0.6 is 0 Å². The first-order valence-corrected chi connectivity index (χ1v) is 7.91. The van der Waals surface area contributed by atoms with Gasteiger partial charge in [0, 0.05) is 13.0 Å². The Morgan fingerprint density at radius 2 is 1.88 bits per heavy atom. The lowest BCUT2D eigenvalue weighted by molar-refractivity contribution is -0.166. The van der Waals surface area contributed by atoms with E-state index in [0.29, 0.717) is 12.1 Å². The minimum Gasteiger partial charge on any atom is -0.479 e. The van der Waals surface area contributed by atoms with Crippen LogP contribution in [0.25, 0.3) is 0 Å². The number of carboxylic acids is 1. The van der Waals surface area contributed by atoms with Crippen LogP contribution in [0.5, 0.6) is 0 Å². The molecule has 1 heterocycles. The van der Waals surface area contributed by atoms with E-state index < -0.39 is 23.8 Å². The van der Waals surface area contributed by atoms with E-state index in [1.54, 1.807) is 13.8 Å². The summed E-state index contributed by atoms with van der Waals surface area (Å²) in [4.78, 5) is 24.9. The second kappa shape index (κ2) is 7.43. The fraction of sp³-hybridized carbons (Fsp3) is 0.529. The highest BCUT2D eigenvalue weighted by molar-refractivity contribution is 5.79. The maximum absolute atomic E-state index is 12.6. The number of carboxylic acid groups (broad SMARTS) is 1. The molecule has 0 aromatic heterocycles.